The molecule has 3 nitrogen and oxygen atoms in total. The van der Waals surface area contributed by atoms with Crippen LogP contribution in [0.1, 0.15) is 45.1 Å². The van der Waals surface area contributed by atoms with E-state index in [4.69, 9.17) is 16.3 Å². The van der Waals surface area contributed by atoms with Crippen LogP contribution in [0, 0.1) is 5.41 Å². The van der Waals surface area contributed by atoms with Crippen molar-refractivity contribution >= 4 is 11.6 Å². The second-order valence-electron chi connectivity index (χ2n) is 6.45. The Balaban J connectivity index is 2.02. The van der Waals surface area contributed by atoms with Crippen molar-refractivity contribution in [3.8, 4) is 11.5 Å². The molecule has 0 saturated heterocycles. The highest BCUT2D eigenvalue weighted by molar-refractivity contribution is 6.30. The highest BCUT2D eigenvalue weighted by Gasteiger charge is 2.27. The van der Waals surface area contributed by atoms with Gasteiger partial charge in [0.05, 0.1) is 7.11 Å². The van der Waals surface area contributed by atoms with E-state index in [0.717, 1.165) is 5.56 Å². The third-order valence-corrected chi connectivity index (χ3v) is 4.34. The number of methoxy groups -OCH3 is 1. The normalized spacial score (nSPS) is 21.7. The molecule has 0 aromatic heterocycles. The molecule has 0 amide bonds. The summed E-state index contributed by atoms with van der Waals surface area (Å²) in [6.45, 7) is 5.25. The molecule has 1 saturated carbocycles. The minimum absolute atomic E-state index is 0.180. The summed E-state index contributed by atoms with van der Waals surface area (Å²) in [6.07, 6.45) is 4.92. The lowest BCUT2D eigenvalue weighted by Crippen LogP contribution is -2.36. The minimum atomic E-state index is 0.180. The molecule has 0 heterocycles. The van der Waals surface area contributed by atoms with Crippen molar-refractivity contribution in [1.29, 1.82) is 0 Å². The molecule has 1 aliphatic carbocycles. The van der Waals surface area contributed by atoms with Crippen LogP contribution < -0.4 is 10.1 Å². The zero-order valence-corrected chi connectivity index (χ0v) is 13.3. The molecule has 1 fully saturated rings. The quantitative estimate of drug-likeness (QED) is 0.878. The number of nitrogens with one attached hydrogen (secondary N) is 1. The van der Waals surface area contributed by atoms with E-state index in [1.165, 1.54) is 32.8 Å². The summed E-state index contributed by atoms with van der Waals surface area (Å²) in [6, 6.07) is 3.92. The zero-order chi connectivity index (χ0) is 14.8. The number of hydrogen-bond acceptors (Lipinski definition) is 3. The van der Waals surface area contributed by atoms with Gasteiger partial charge in [-0.15, -0.1) is 0 Å². The summed E-state index contributed by atoms with van der Waals surface area (Å²) in [5, 5.41) is 14.2. The van der Waals surface area contributed by atoms with Gasteiger partial charge in [0, 0.05) is 29.2 Å². The predicted octanol–water partition coefficient (Wildman–Crippen LogP) is 4.11. The molecule has 0 spiro atoms. The Hall–Kier alpha value is -0.930. The van der Waals surface area contributed by atoms with Crippen LogP contribution in [0.25, 0.3) is 0 Å². The lowest BCUT2D eigenvalue weighted by molar-refractivity contribution is 0.197. The second kappa shape index (κ2) is 6.23. The maximum atomic E-state index is 10.1. The van der Waals surface area contributed by atoms with Gasteiger partial charge >= 0.3 is 0 Å². The standard InChI is InChI=1S/C16H24ClNO2/c1-16(2)6-4-5-13(9-16)18-10-11-7-12(17)8-14(20-3)15(11)19/h7-8,13,18-19H,4-6,9-10H2,1-3H3. The molecule has 1 unspecified atom stereocenters. The van der Waals surface area contributed by atoms with Crippen molar-refractivity contribution in [2.75, 3.05) is 7.11 Å². The third kappa shape index (κ3) is 3.80. The summed E-state index contributed by atoms with van der Waals surface area (Å²) in [7, 11) is 1.53. The highest BCUT2D eigenvalue weighted by Crippen LogP contribution is 2.36. The van der Waals surface area contributed by atoms with Crippen LogP contribution in [0.4, 0.5) is 0 Å². The fourth-order valence-electron chi connectivity index (χ4n) is 3.05. The number of benzene rings is 1. The van der Waals surface area contributed by atoms with Gasteiger partial charge in [0.1, 0.15) is 0 Å². The van der Waals surface area contributed by atoms with E-state index in [0.29, 0.717) is 28.8 Å². The molecule has 1 aromatic carbocycles. The van der Waals surface area contributed by atoms with E-state index in [1.807, 2.05) is 0 Å². The van der Waals surface area contributed by atoms with Crippen molar-refractivity contribution in [2.45, 2.75) is 52.1 Å². The summed E-state index contributed by atoms with van der Waals surface area (Å²) in [5.41, 5.74) is 1.20. The number of aromatic hydroxyl groups is 1. The van der Waals surface area contributed by atoms with Crippen molar-refractivity contribution in [3.63, 3.8) is 0 Å². The molecule has 112 valence electrons. The third-order valence-electron chi connectivity index (χ3n) is 4.12. The topological polar surface area (TPSA) is 41.5 Å². The van der Waals surface area contributed by atoms with Crippen LogP contribution in [0.3, 0.4) is 0 Å². The minimum Gasteiger partial charge on any atom is -0.504 e. The van der Waals surface area contributed by atoms with Gasteiger partial charge < -0.3 is 15.2 Å². The average Bonchev–Trinajstić information content (AvgIpc) is 2.38. The number of hydrogen-bond donors (Lipinski definition) is 2. The fourth-order valence-corrected chi connectivity index (χ4v) is 3.28. The van der Waals surface area contributed by atoms with Crippen LogP contribution >= 0.6 is 11.6 Å². The van der Waals surface area contributed by atoms with E-state index in [9.17, 15) is 5.11 Å². The molecule has 2 rings (SSSR count). The van der Waals surface area contributed by atoms with Gasteiger partial charge in [0.15, 0.2) is 11.5 Å². The van der Waals surface area contributed by atoms with E-state index in [-0.39, 0.29) is 5.75 Å². The number of ether oxygens (including phenoxy) is 1. The molecule has 1 aliphatic rings. The Morgan fingerprint density at radius 1 is 1.45 bits per heavy atom. The summed E-state index contributed by atoms with van der Waals surface area (Å²) in [5.74, 6) is 0.609. The maximum Gasteiger partial charge on any atom is 0.162 e. The molecular weight excluding hydrogens is 274 g/mol. The van der Waals surface area contributed by atoms with Gasteiger partial charge in [-0.05, 0) is 30.7 Å². The van der Waals surface area contributed by atoms with Crippen LogP contribution in [0.5, 0.6) is 11.5 Å². The van der Waals surface area contributed by atoms with Crippen molar-refractivity contribution in [3.05, 3.63) is 22.7 Å². The summed E-state index contributed by atoms with van der Waals surface area (Å²) in [4.78, 5) is 0. The molecule has 0 radical (unpaired) electrons. The fraction of sp³-hybridized carbons (Fsp3) is 0.625. The molecule has 20 heavy (non-hydrogen) atoms. The monoisotopic (exact) mass is 297 g/mol. The Bertz CT molecular complexity index is 474. The van der Waals surface area contributed by atoms with Crippen LogP contribution in [0.15, 0.2) is 12.1 Å². The van der Waals surface area contributed by atoms with E-state index >= 15 is 0 Å². The lowest BCUT2D eigenvalue weighted by atomic mass is 9.75. The van der Waals surface area contributed by atoms with Gasteiger partial charge in [0.2, 0.25) is 0 Å². The Kier molecular flexibility index (Phi) is 4.82. The van der Waals surface area contributed by atoms with Gasteiger partial charge in [0.25, 0.3) is 0 Å². The molecule has 1 atom stereocenters. The largest absolute Gasteiger partial charge is 0.504 e. The number of phenols is 1. The maximum absolute atomic E-state index is 10.1. The predicted molar refractivity (Wildman–Crippen MR) is 82.5 cm³/mol. The van der Waals surface area contributed by atoms with Crippen LogP contribution in [-0.4, -0.2) is 18.3 Å². The molecule has 4 heteroatoms. The highest BCUT2D eigenvalue weighted by atomic mass is 35.5. The van der Waals surface area contributed by atoms with Crippen LogP contribution in [0.2, 0.25) is 5.02 Å². The Morgan fingerprint density at radius 2 is 2.20 bits per heavy atom. The summed E-state index contributed by atoms with van der Waals surface area (Å²) >= 11 is 6.05. The smallest absolute Gasteiger partial charge is 0.162 e. The van der Waals surface area contributed by atoms with Crippen molar-refractivity contribution in [1.82, 2.24) is 5.32 Å². The molecule has 2 N–H and O–H groups in total. The number of phenolic OH excluding ortho intramolecular Hbond substituents is 1. The zero-order valence-electron chi connectivity index (χ0n) is 12.5. The van der Waals surface area contributed by atoms with E-state index < -0.39 is 0 Å². The second-order valence-corrected chi connectivity index (χ2v) is 6.89. The van der Waals surface area contributed by atoms with Crippen molar-refractivity contribution < 1.29 is 9.84 Å². The Labute approximate surface area is 126 Å². The lowest BCUT2D eigenvalue weighted by Gasteiger charge is -2.35. The first-order valence-electron chi connectivity index (χ1n) is 7.20. The van der Waals surface area contributed by atoms with Gasteiger partial charge in [-0.25, -0.2) is 0 Å². The van der Waals surface area contributed by atoms with Crippen molar-refractivity contribution in [2.24, 2.45) is 5.41 Å². The van der Waals surface area contributed by atoms with Gasteiger partial charge in [-0.2, -0.15) is 0 Å². The first-order valence-corrected chi connectivity index (χ1v) is 7.58. The average molecular weight is 298 g/mol. The SMILES string of the molecule is COc1cc(Cl)cc(CNC2CCCC(C)(C)C2)c1O. The molecule has 0 aliphatic heterocycles. The van der Waals surface area contributed by atoms with Gasteiger partial charge in [-0.1, -0.05) is 31.9 Å². The Morgan fingerprint density at radius 3 is 2.85 bits per heavy atom. The number of rotatable bonds is 4. The molecular formula is C16H24ClNO2. The van der Waals surface area contributed by atoms with E-state index in [1.54, 1.807) is 12.1 Å². The van der Waals surface area contributed by atoms with Gasteiger partial charge in [-0.3, -0.25) is 0 Å². The molecule has 1 aromatic rings. The first-order chi connectivity index (χ1) is 9.41. The van der Waals surface area contributed by atoms with Crippen LogP contribution in [-0.2, 0) is 6.54 Å². The summed E-state index contributed by atoms with van der Waals surface area (Å²) < 4.78 is 5.13. The van der Waals surface area contributed by atoms with E-state index in [2.05, 4.69) is 19.2 Å². The molecule has 0 bridgehead atoms. The number of halogens is 1. The first kappa shape index (κ1) is 15.5.